The Morgan fingerprint density at radius 1 is 0.893 bits per heavy atom. The third-order valence-electron chi connectivity index (χ3n) is 5.72. The van der Waals surface area contributed by atoms with Crippen molar-refractivity contribution in [2.24, 2.45) is 0 Å². The zero-order valence-electron chi connectivity index (χ0n) is 15.4. The highest BCUT2D eigenvalue weighted by Gasteiger charge is 2.18. The number of nitrogens with one attached hydrogen (secondary N) is 2. The molecule has 1 aliphatic carbocycles. The van der Waals surface area contributed by atoms with Crippen LogP contribution in [0, 0.1) is 0 Å². The van der Waals surface area contributed by atoms with E-state index in [2.05, 4.69) is 56.6 Å². The van der Waals surface area contributed by atoms with Gasteiger partial charge in [-0.05, 0) is 48.8 Å². The molecule has 0 amide bonds. The summed E-state index contributed by atoms with van der Waals surface area (Å²) in [6.45, 7) is 0. The molecule has 0 aliphatic heterocycles. The predicted octanol–water partition coefficient (Wildman–Crippen LogP) is 5.05. The van der Waals surface area contributed by atoms with Crippen LogP contribution in [0.15, 0.2) is 54.9 Å². The van der Waals surface area contributed by atoms with Gasteiger partial charge in [0.05, 0.1) is 11.2 Å². The number of rotatable bonds is 2. The summed E-state index contributed by atoms with van der Waals surface area (Å²) in [7, 11) is 0. The number of benzene rings is 2. The van der Waals surface area contributed by atoms with Gasteiger partial charge < -0.3 is 4.98 Å². The first-order valence-corrected chi connectivity index (χ1v) is 9.76. The average Bonchev–Trinajstić information content (AvgIpc) is 3.36. The van der Waals surface area contributed by atoms with E-state index in [1.54, 1.807) is 0 Å². The van der Waals surface area contributed by atoms with E-state index in [0.717, 1.165) is 51.8 Å². The number of aromatic amines is 2. The van der Waals surface area contributed by atoms with E-state index in [1.807, 2.05) is 18.5 Å². The van der Waals surface area contributed by atoms with Crippen LogP contribution in [0.3, 0.4) is 0 Å². The molecule has 0 radical (unpaired) electrons. The second kappa shape index (κ2) is 6.02. The Morgan fingerprint density at radius 2 is 1.82 bits per heavy atom. The quantitative estimate of drug-likeness (QED) is 0.460. The van der Waals surface area contributed by atoms with Crippen molar-refractivity contribution in [3.05, 3.63) is 66.2 Å². The average molecular weight is 365 g/mol. The second-order valence-electron chi connectivity index (χ2n) is 7.46. The molecule has 3 heterocycles. The minimum atomic E-state index is 0.867. The molecule has 0 unspecified atom stereocenters. The zero-order chi connectivity index (χ0) is 18.5. The number of hydrogen-bond donors (Lipinski definition) is 2. The predicted molar refractivity (Wildman–Crippen MR) is 111 cm³/mol. The topological polar surface area (TPSA) is 70.2 Å². The second-order valence-corrected chi connectivity index (χ2v) is 7.46. The molecule has 3 aromatic heterocycles. The number of H-pyrrole nitrogens is 2. The van der Waals surface area contributed by atoms with Crippen LogP contribution >= 0.6 is 0 Å². The lowest BCUT2D eigenvalue weighted by Crippen LogP contribution is -2.00. The molecule has 0 atom stereocenters. The first kappa shape index (κ1) is 15.6. The molecule has 0 spiro atoms. The molecule has 136 valence electrons. The third-order valence-corrected chi connectivity index (χ3v) is 5.72. The van der Waals surface area contributed by atoms with Crippen LogP contribution in [0.25, 0.3) is 44.3 Å². The number of aromatic nitrogens is 5. The molecule has 0 saturated heterocycles. The largest absolute Gasteiger partial charge is 0.340 e. The van der Waals surface area contributed by atoms with Gasteiger partial charge in [0, 0.05) is 34.4 Å². The van der Waals surface area contributed by atoms with Crippen molar-refractivity contribution in [2.45, 2.75) is 25.7 Å². The molecule has 6 rings (SSSR count). The summed E-state index contributed by atoms with van der Waals surface area (Å²) in [6, 6.07) is 14.8. The molecule has 5 nitrogen and oxygen atoms in total. The zero-order valence-corrected chi connectivity index (χ0v) is 15.4. The van der Waals surface area contributed by atoms with Crippen molar-refractivity contribution in [2.75, 3.05) is 0 Å². The summed E-state index contributed by atoms with van der Waals surface area (Å²) >= 11 is 0. The van der Waals surface area contributed by atoms with Gasteiger partial charge in [0.2, 0.25) is 0 Å². The summed E-state index contributed by atoms with van der Waals surface area (Å²) in [5.74, 6) is 0.867. The van der Waals surface area contributed by atoms with Crippen LogP contribution in [0.2, 0.25) is 0 Å². The highest BCUT2D eigenvalue weighted by Crippen LogP contribution is 2.33. The fourth-order valence-electron chi connectivity index (χ4n) is 4.27. The van der Waals surface area contributed by atoms with Crippen molar-refractivity contribution < 1.29 is 0 Å². The van der Waals surface area contributed by atoms with Gasteiger partial charge >= 0.3 is 0 Å². The Hall–Kier alpha value is -3.47. The standard InChI is InChI=1S/C23H19N5/c1-2-6-16-15(5-1)12-24-13-18(16)14-9-10-19-17(11-14)22(28-27-19)23-25-20-7-3-4-8-21(20)26-23/h1-2,5-6,9-13H,3-4,7-8H2,(H,25,26)(H,27,28). The van der Waals surface area contributed by atoms with Gasteiger partial charge in [-0.2, -0.15) is 5.10 Å². The van der Waals surface area contributed by atoms with E-state index >= 15 is 0 Å². The number of fused-ring (bicyclic) bond motifs is 3. The van der Waals surface area contributed by atoms with Crippen LogP contribution in [0.5, 0.6) is 0 Å². The smallest absolute Gasteiger partial charge is 0.159 e. The lowest BCUT2D eigenvalue weighted by atomic mass is 9.99. The van der Waals surface area contributed by atoms with E-state index < -0.39 is 0 Å². The fourth-order valence-corrected chi connectivity index (χ4v) is 4.27. The van der Waals surface area contributed by atoms with E-state index in [-0.39, 0.29) is 0 Å². The molecular formula is C23H19N5. The van der Waals surface area contributed by atoms with Gasteiger partial charge in [-0.15, -0.1) is 0 Å². The number of pyridine rings is 1. The Morgan fingerprint density at radius 3 is 2.79 bits per heavy atom. The normalized spacial score (nSPS) is 13.9. The van der Waals surface area contributed by atoms with Crippen LogP contribution in [-0.4, -0.2) is 25.1 Å². The van der Waals surface area contributed by atoms with E-state index in [9.17, 15) is 0 Å². The molecule has 1 aliphatic rings. The SMILES string of the molecule is c1ccc2c(-c3ccc4[nH]nc(-c5nc6c([nH]5)CCCC6)c4c3)cncc2c1. The first-order chi connectivity index (χ1) is 13.9. The lowest BCUT2D eigenvalue weighted by Gasteiger charge is -2.07. The van der Waals surface area contributed by atoms with Gasteiger partial charge in [-0.1, -0.05) is 30.3 Å². The molecule has 28 heavy (non-hydrogen) atoms. The molecule has 0 bridgehead atoms. The Balaban J connectivity index is 1.53. The monoisotopic (exact) mass is 365 g/mol. The highest BCUT2D eigenvalue weighted by molar-refractivity contribution is 6.00. The summed E-state index contributed by atoms with van der Waals surface area (Å²) in [5, 5.41) is 11.2. The van der Waals surface area contributed by atoms with Crippen LogP contribution < -0.4 is 0 Å². The van der Waals surface area contributed by atoms with Crippen molar-refractivity contribution in [1.29, 1.82) is 0 Å². The van der Waals surface area contributed by atoms with E-state index in [1.165, 1.54) is 29.6 Å². The van der Waals surface area contributed by atoms with Crippen molar-refractivity contribution >= 4 is 21.7 Å². The number of imidazole rings is 1. The summed E-state index contributed by atoms with van der Waals surface area (Å²) in [6.07, 6.45) is 8.44. The van der Waals surface area contributed by atoms with Crippen LogP contribution in [0.1, 0.15) is 24.2 Å². The highest BCUT2D eigenvalue weighted by atomic mass is 15.1. The third kappa shape index (κ3) is 2.36. The van der Waals surface area contributed by atoms with Crippen molar-refractivity contribution in [1.82, 2.24) is 25.1 Å². The maximum atomic E-state index is 4.85. The van der Waals surface area contributed by atoms with Gasteiger partial charge in [0.1, 0.15) is 5.69 Å². The number of nitrogens with zero attached hydrogens (tertiary/aromatic N) is 3. The molecule has 0 saturated carbocycles. The van der Waals surface area contributed by atoms with Gasteiger partial charge in [0.15, 0.2) is 5.82 Å². The Bertz CT molecular complexity index is 1300. The van der Waals surface area contributed by atoms with Gasteiger partial charge in [-0.3, -0.25) is 10.1 Å². The van der Waals surface area contributed by atoms with Crippen LogP contribution in [-0.2, 0) is 12.8 Å². The van der Waals surface area contributed by atoms with Crippen molar-refractivity contribution in [3.63, 3.8) is 0 Å². The summed E-state index contributed by atoms with van der Waals surface area (Å²) in [5.41, 5.74) is 6.64. The minimum Gasteiger partial charge on any atom is -0.340 e. The Labute approximate surface area is 161 Å². The number of hydrogen-bond acceptors (Lipinski definition) is 3. The maximum Gasteiger partial charge on any atom is 0.159 e. The lowest BCUT2D eigenvalue weighted by molar-refractivity contribution is 0.667. The minimum absolute atomic E-state index is 0.867. The van der Waals surface area contributed by atoms with Gasteiger partial charge in [0.25, 0.3) is 0 Å². The summed E-state index contributed by atoms with van der Waals surface area (Å²) in [4.78, 5) is 12.8. The molecule has 2 N–H and O–H groups in total. The molecule has 5 heteroatoms. The van der Waals surface area contributed by atoms with Gasteiger partial charge in [-0.25, -0.2) is 4.98 Å². The molecule has 5 aromatic rings. The fraction of sp³-hybridized carbons (Fsp3) is 0.174. The van der Waals surface area contributed by atoms with E-state index in [0.29, 0.717) is 0 Å². The molecular weight excluding hydrogens is 346 g/mol. The maximum absolute atomic E-state index is 4.85. The number of aryl methyl sites for hydroxylation is 2. The molecule has 2 aromatic carbocycles. The molecule has 0 fully saturated rings. The van der Waals surface area contributed by atoms with Crippen molar-refractivity contribution in [3.8, 4) is 22.6 Å². The first-order valence-electron chi connectivity index (χ1n) is 9.76. The van der Waals surface area contributed by atoms with Crippen LogP contribution in [0.4, 0.5) is 0 Å². The van der Waals surface area contributed by atoms with E-state index in [4.69, 9.17) is 4.98 Å². The summed E-state index contributed by atoms with van der Waals surface area (Å²) < 4.78 is 0. The Kier molecular flexibility index (Phi) is 3.35.